The lowest BCUT2D eigenvalue weighted by atomic mass is 10.0. The summed E-state index contributed by atoms with van der Waals surface area (Å²) in [5, 5.41) is 20.4. The van der Waals surface area contributed by atoms with E-state index < -0.39 is 6.10 Å². The smallest absolute Gasteiger partial charge is 0.111 e. The molecule has 0 aromatic carbocycles. The van der Waals surface area contributed by atoms with Gasteiger partial charge in [0.2, 0.25) is 0 Å². The minimum atomic E-state index is -0.695. The molecule has 0 spiro atoms. The largest absolute Gasteiger partial charge is 0.394 e. The van der Waals surface area contributed by atoms with Gasteiger partial charge in [0.25, 0.3) is 0 Å². The zero-order chi connectivity index (χ0) is 22.0. The van der Waals surface area contributed by atoms with Gasteiger partial charge >= 0.3 is 0 Å². The number of anilines is 2. The summed E-state index contributed by atoms with van der Waals surface area (Å²) >= 11 is 3.26. The molecule has 2 rings (SSSR count). The van der Waals surface area contributed by atoms with Crippen LogP contribution in [-0.2, 0) is 0 Å². The Kier molecular flexibility index (Phi) is 11.1. The molecule has 0 saturated heterocycles. The van der Waals surface area contributed by atoms with Gasteiger partial charge in [0, 0.05) is 24.7 Å². The molecule has 2 unspecified atom stereocenters. The molecule has 29 heavy (non-hydrogen) atoms. The van der Waals surface area contributed by atoms with Crippen molar-refractivity contribution in [2.45, 2.75) is 72.6 Å². The van der Waals surface area contributed by atoms with Gasteiger partial charge in [-0.1, -0.05) is 20.3 Å². The van der Waals surface area contributed by atoms with Crippen molar-refractivity contribution in [1.82, 2.24) is 9.97 Å². The minimum absolute atomic E-state index is 0.177. The van der Waals surface area contributed by atoms with Crippen LogP contribution in [0.4, 0.5) is 10.0 Å². The molecule has 166 valence electrons. The normalized spacial score (nSPS) is 13.6. The Morgan fingerprint density at radius 3 is 1.93 bits per heavy atom. The molecule has 0 bridgehead atoms. The molecule has 0 aliphatic rings. The first kappa shape index (κ1) is 25.8. The number of nitrogens with zero attached hydrogens (tertiary/aromatic N) is 4. The van der Waals surface area contributed by atoms with E-state index in [1.807, 2.05) is 30.5 Å². The summed E-state index contributed by atoms with van der Waals surface area (Å²) in [7, 11) is 0. The Balaban J connectivity index is 0.000000291. The highest BCUT2D eigenvalue weighted by Gasteiger charge is 2.24. The second-order valence-corrected chi connectivity index (χ2v) is 10.3. The predicted molar refractivity (Wildman–Crippen MR) is 126 cm³/mol. The molecule has 0 aliphatic heterocycles. The van der Waals surface area contributed by atoms with Gasteiger partial charge in [0.05, 0.1) is 36.1 Å². The van der Waals surface area contributed by atoms with Gasteiger partial charge in [-0.25, -0.2) is 0 Å². The van der Waals surface area contributed by atoms with E-state index in [1.165, 1.54) is 22.8 Å². The number of hydrogen-bond donors (Lipinski definition) is 2. The zero-order valence-electron chi connectivity index (χ0n) is 18.9. The third kappa shape index (κ3) is 8.99. The first-order valence-corrected chi connectivity index (χ1v) is 12.0. The van der Waals surface area contributed by atoms with Crippen LogP contribution in [0.1, 0.15) is 54.9 Å². The molecule has 2 aromatic heterocycles. The van der Waals surface area contributed by atoms with E-state index in [4.69, 9.17) is 5.11 Å². The third-order valence-corrected chi connectivity index (χ3v) is 6.23. The molecule has 0 saturated carbocycles. The predicted octanol–water partition coefficient (Wildman–Crippen LogP) is 4.51. The average molecular weight is 443 g/mol. The van der Waals surface area contributed by atoms with Gasteiger partial charge in [0.15, 0.2) is 0 Å². The van der Waals surface area contributed by atoms with Crippen molar-refractivity contribution in [3.8, 4) is 0 Å². The Bertz CT molecular complexity index is 642. The van der Waals surface area contributed by atoms with E-state index in [-0.39, 0.29) is 18.2 Å². The molecular formula is C21H38N4O2S2. The molecule has 2 atom stereocenters. The van der Waals surface area contributed by atoms with E-state index in [0.29, 0.717) is 6.54 Å². The molecule has 2 N–H and O–H groups in total. The van der Waals surface area contributed by atoms with Crippen molar-refractivity contribution in [1.29, 1.82) is 0 Å². The number of rotatable bonds is 9. The average Bonchev–Trinajstić information content (AvgIpc) is 3.36. The van der Waals surface area contributed by atoms with Gasteiger partial charge in [0.1, 0.15) is 10.0 Å². The Labute approximate surface area is 184 Å². The Hall–Kier alpha value is -1.22. The highest BCUT2D eigenvalue weighted by molar-refractivity contribution is 7.14. The third-order valence-electron chi connectivity index (χ3n) is 4.63. The van der Waals surface area contributed by atoms with E-state index in [9.17, 15) is 5.11 Å². The van der Waals surface area contributed by atoms with Crippen LogP contribution in [0.2, 0.25) is 0 Å². The van der Waals surface area contributed by atoms with Crippen LogP contribution in [0.5, 0.6) is 0 Å². The topological polar surface area (TPSA) is 72.7 Å². The van der Waals surface area contributed by atoms with Crippen LogP contribution in [0.3, 0.4) is 0 Å². The molecule has 6 nitrogen and oxygen atoms in total. The second kappa shape index (κ2) is 12.5. The van der Waals surface area contributed by atoms with Crippen molar-refractivity contribution in [2.75, 3.05) is 29.5 Å². The maximum Gasteiger partial charge on any atom is 0.111 e. The van der Waals surface area contributed by atoms with E-state index in [2.05, 4.69) is 49.5 Å². The van der Waals surface area contributed by atoms with Crippen molar-refractivity contribution < 1.29 is 10.2 Å². The van der Waals surface area contributed by atoms with Crippen LogP contribution in [0.25, 0.3) is 0 Å². The summed E-state index contributed by atoms with van der Waals surface area (Å²) < 4.78 is 0. The van der Waals surface area contributed by atoms with Crippen molar-refractivity contribution in [3.05, 3.63) is 23.4 Å². The van der Waals surface area contributed by atoms with Crippen LogP contribution in [0.15, 0.2) is 23.4 Å². The van der Waals surface area contributed by atoms with Crippen molar-refractivity contribution >= 4 is 32.7 Å². The quantitative estimate of drug-likeness (QED) is 0.595. The van der Waals surface area contributed by atoms with Crippen molar-refractivity contribution in [3.63, 3.8) is 0 Å². The van der Waals surface area contributed by atoms with Crippen molar-refractivity contribution in [2.24, 2.45) is 5.92 Å². The number of thiazole rings is 2. The lowest BCUT2D eigenvalue weighted by Gasteiger charge is -2.38. The Morgan fingerprint density at radius 2 is 1.55 bits per heavy atom. The number of aliphatic hydroxyl groups excluding tert-OH is 2. The lowest BCUT2D eigenvalue weighted by Crippen LogP contribution is -2.43. The maximum absolute atomic E-state index is 9.37. The second-order valence-electron chi connectivity index (χ2n) is 8.56. The van der Waals surface area contributed by atoms with Crippen LogP contribution >= 0.6 is 22.7 Å². The van der Waals surface area contributed by atoms with E-state index in [0.717, 1.165) is 17.5 Å². The van der Waals surface area contributed by atoms with Crippen LogP contribution in [-0.4, -0.2) is 57.6 Å². The first-order chi connectivity index (χ1) is 13.6. The summed E-state index contributed by atoms with van der Waals surface area (Å²) in [6.07, 6.45) is 4.28. The molecule has 2 aromatic rings. The highest BCUT2D eigenvalue weighted by atomic mass is 32.1. The Morgan fingerprint density at radius 1 is 1.00 bits per heavy atom. The van der Waals surface area contributed by atoms with E-state index in [1.54, 1.807) is 23.0 Å². The monoisotopic (exact) mass is 442 g/mol. The summed E-state index contributed by atoms with van der Waals surface area (Å²) in [5.74, 6) is 0.728. The van der Waals surface area contributed by atoms with Gasteiger partial charge in [-0.3, -0.25) is 9.97 Å². The standard InChI is InChI=1S/C12H22N2S.C9H16N2O2S/c1-6-10(2)8-14(12(3,4)5)11-7-13-9-15-11;1-7(2)11(4-8(13)5-12)9-3-10-6-14-9/h7,9-10H,6,8H2,1-5H3;3,6-8,12-13H,4-5H2,1-2H3. The minimum Gasteiger partial charge on any atom is -0.394 e. The highest BCUT2D eigenvalue weighted by Crippen LogP contribution is 2.28. The molecule has 0 aliphatic carbocycles. The first-order valence-electron chi connectivity index (χ1n) is 10.2. The maximum atomic E-state index is 9.37. The van der Waals surface area contributed by atoms with Gasteiger partial charge in [-0.05, 0) is 40.5 Å². The molecule has 8 heteroatoms. The molecular weight excluding hydrogens is 404 g/mol. The molecule has 0 amide bonds. The summed E-state index contributed by atoms with van der Waals surface area (Å²) in [4.78, 5) is 12.6. The fourth-order valence-corrected chi connectivity index (χ4v) is 4.27. The van der Waals surface area contributed by atoms with Gasteiger partial charge in [-0.2, -0.15) is 0 Å². The number of aromatic nitrogens is 2. The fourth-order valence-electron chi connectivity index (χ4n) is 2.67. The molecule has 2 heterocycles. The molecule has 0 radical (unpaired) electrons. The lowest BCUT2D eigenvalue weighted by molar-refractivity contribution is 0.0989. The van der Waals surface area contributed by atoms with Gasteiger partial charge < -0.3 is 20.0 Å². The molecule has 0 fully saturated rings. The van der Waals surface area contributed by atoms with E-state index >= 15 is 0 Å². The number of hydrogen-bond acceptors (Lipinski definition) is 8. The SMILES string of the molecule is CC(C)N(CC(O)CO)c1cncs1.CCC(C)CN(c1cncs1)C(C)(C)C. The summed E-state index contributed by atoms with van der Waals surface area (Å²) in [5.41, 5.74) is 3.84. The van der Waals surface area contributed by atoms with Crippen LogP contribution in [0, 0.1) is 5.92 Å². The number of aliphatic hydroxyl groups is 2. The summed E-state index contributed by atoms with van der Waals surface area (Å²) in [6, 6.07) is 0.289. The zero-order valence-corrected chi connectivity index (χ0v) is 20.5. The fraction of sp³-hybridized carbons (Fsp3) is 0.714. The summed E-state index contributed by atoms with van der Waals surface area (Å²) in [6.45, 7) is 16.8. The van der Waals surface area contributed by atoms with Crippen LogP contribution < -0.4 is 9.80 Å². The van der Waals surface area contributed by atoms with Gasteiger partial charge in [-0.15, -0.1) is 22.7 Å².